The van der Waals surface area contributed by atoms with Crippen molar-refractivity contribution >= 4 is 39.5 Å². The van der Waals surface area contributed by atoms with Crippen LogP contribution in [-0.2, 0) is 6.42 Å². The highest BCUT2D eigenvalue weighted by molar-refractivity contribution is 7.18. The summed E-state index contributed by atoms with van der Waals surface area (Å²) in [6.45, 7) is 6.42. The number of nitrogen functional groups attached to an aromatic ring is 1. The molecular formula is C14H20N4OS2. The Morgan fingerprint density at radius 3 is 2.81 bits per heavy atom. The minimum Gasteiger partial charge on any atom is -0.382 e. The molecule has 0 saturated carbocycles. The van der Waals surface area contributed by atoms with Gasteiger partial charge in [-0.15, -0.1) is 0 Å². The van der Waals surface area contributed by atoms with Crippen LogP contribution in [0.15, 0.2) is 16.8 Å². The molecule has 0 atom stereocenters. The van der Waals surface area contributed by atoms with Crippen molar-refractivity contribution in [1.82, 2.24) is 10.3 Å². The molecule has 0 spiro atoms. The fraction of sp³-hybridized carbons (Fsp3) is 0.429. The normalized spacial score (nSPS) is 10.6. The monoisotopic (exact) mass is 324 g/mol. The van der Waals surface area contributed by atoms with Crippen molar-refractivity contribution in [2.45, 2.75) is 20.3 Å². The molecule has 2 heterocycles. The van der Waals surface area contributed by atoms with Gasteiger partial charge in [0.1, 0.15) is 10.7 Å². The summed E-state index contributed by atoms with van der Waals surface area (Å²) in [4.78, 5) is 19.1. The van der Waals surface area contributed by atoms with Crippen LogP contribution >= 0.6 is 22.7 Å². The second kappa shape index (κ2) is 7.42. The minimum absolute atomic E-state index is 0.140. The Bertz CT molecular complexity index is 576. The third-order valence-corrected chi connectivity index (χ3v) is 5.02. The Balaban J connectivity index is 1.95. The molecule has 0 aliphatic carbocycles. The predicted octanol–water partition coefficient (Wildman–Crippen LogP) is 2.61. The largest absolute Gasteiger partial charge is 0.382 e. The smallest absolute Gasteiger partial charge is 0.265 e. The standard InChI is InChI=1S/C14H20N4OS2/c1-3-18(4-2)14-17-12(15)11(21-14)13(19)16-7-5-10-6-8-20-9-10/h6,8-9H,3-5,7,15H2,1-2H3,(H,16,19). The molecule has 1 amide bonds. The lowest BCUT2D eigenvalue weighted by Gasteiger charge is -2.16. The van der Waals surface area contributed by atoms with Crippen LogP contribution in [0.5, 0.6) is 0 Å². The van der Waals surface area contributed by atoms with Crippen molar-refractivity contribution in [1.29, 1.82) is 0 Å². The first-order chi connectivity index (χ1) is 10.2. The summed E-state index contributed by atoms with van der Waals surface area (Å²) >= 11 is 3.02. The zero-order valence-corrected chi connectivity index (χ0v) is 13.9. The summed E-state index contributed by atoms with van der Waals surface area (Å²) < 4.78 is 0. The van der Waals surface area contributed by atoms with E-state index in [2.05, 4.69) is 40.5 Å². The summed E-state index contributed by atoms with van der Waals surface area (Å²) in [7, 11) is 0. The van der Waals surface area contributed by atoms with Gasteiger partial charge in [0.2, 0.25) is 0 Å². The fourth-order valence-electron chi connectivity index (χ4n) is 1.95. The number of thiophene rings is 1. The molecule has 0 aromatic carbocycles. The van der Waals surface area contributed by atoms with Gasteiger partial charge >= 0.3 is 0 Å². The van der Waals surface area contributed by atoms with E-state index in [-0.39, 0.29) is 5.91 Å². The van der Waals surface area contributed by atoms with Crippen molar-refractivity contribution in [3.05, 3.63) is 27.3 Å². The molecule has 7 heteroatoms. The lowest BCUT2D eigenvalue weighted by molar-refractivity contribution is 0.0959. The van der Waals surface area contributed by atoms with Crippen LogP contribution in [-0.4, -0.2) is 30.5 Å². The van der Waals surface area contributed by atoms with Gasteiger partial charge in [-0.25, -0.2) is 4.98 Å². The highest BCUT2D eigenvalue weighted by Crippen LogP contribution is 2.27. The number of hydrogen-bond donors (Lipinski definition) is 2. The number of rotatable bonds is 7. The van der Waals surface area contributed by atoms with Crippen LogP contribution in [0.2, 0.25) is 0 Å². The van der Waals surface area contributed by atoms with Crippen LogP contribution in [0, 0.1) is 0 Å². The van der Waals surface area contributed by atoms with E-state index >= 15 is 0 Å². The SMILES string of the molecule is CCN(CC)c1nc(N)c(C(=O)NCCc2ccsc2)s1. The molecule has 21 heavy (non-hydrogen) atoms. The number of nitrogens with zero attached hydrogens (tertiary/aromatic N) is 2. The molecular weight excluding hydrogens is 304 g/mol. The van der Waals surface area contributed by atoms with Crippen molar-refractivity contribution in [3.8, 4) is 0 Å². The summed E-state index contributed by atoms with van der Waals surface area (Å²) in [5.74, 6) is 0.175. The number of carbonyl (C=O) groups is 1. The van der Waals surface area contributed by atoms with Gasteiger partial charge in [-0.05, 0) is 42.7 Å². The van der Waals surface area contributed by atoms with Crippen molar-refractivity contribution in [2.75, 3.05) is 30.3 Å². The van der Waals surface area contributed by atoms with Gasteiger partial charge in [-0.1, -0.05) is 11.3 Å². The van der Waals surface area contributed by atoms with Crippen LogP contribution in [0.3, 0.4) is 0 Å². The van der Waals surface area contributed by atoms with E-state index in [9.17, 15) is 4.79 Å². The number of carbonyl (C=O) groups excluding carboxylic acids is 1. The van der Waals surface area contributed by atoms with Crippen molar-refractivity contribution in [3.63, 3.8) is 0 Å². The Morgan fingerprint density at radius 1 is 1.43 bits per heavy atom. The Kier molecular flexibility index (Phi) is 5.58. The highest BCUT2D eigenvalue weighted by Gasteiger charge is 2.18. The summed E-state index contributed by atoms with van der Waals surface area (Å²) in [6.07, 6.45) is 0.830. The first kappa shape index (κ1) is 15.8. The van der Waals surface area contributed by atoms with Crippen LogP contribution in [0.25, 0.3) is 0 Å². The van der Waals surface area contributed by atoms with Crippen LogP contribution < -0.4 is 16.0 Å². The second-order valence-corrected chi connectivity index (χ2v) is 6.28. The Labute approximate surface area is 132 Å². The van der Waals surface area contributed by atoms with E-state index in [4.69, 9.17) is 5.73 Å². The van der Waals surface area contributed by atoms with E-state index in [1.54, 1.807) is 11.3 Å². The van der Waals surface area contributed by atoms with E-state index in [0.29, 0.717) is 17.2 Å². The number of hydrogen-bond acceptors (Lipinski definition) is 6. The first-order valence-electron chi connectivity index (χ1n) is 6.96. The molecule has 0 fully saturated rings. The molecule has 5 nitrogen and oxygen atoms in total. The van der Waals surface area contributed by atoms with E-state index in [0.717, 1.165) is 24.6 Å². The molecule has 2 rings (SSSR count). The van der Waals surface area contributed by atoms with Gasteiger partial charge in [0, 0.05) is 19.6 Å². The Hall–Kier alpha value is -1.60. The number of anilines is 2. The summed E-state index contributed by atoms with van der Waals surface area (Å²) in [5, 5.41) is 7.84. The molecule has 3 N–H and O–H groups in total. The van der Waals surface area contributed by atoms with E-state index in [1.807, 2.05) is 5.38 Å². The zero-order valence-electron chi connectivity index (χ0n) is 12.3. The molecule has 0 aliphatic heterocycles. The number of thiazole rings is 1. The number of amides is 1. The first-order valence-corrected chi connectivity index (χ1v) is 8.72. The topological polar surface area (TPSA) is 71.2 Å². The fourth-order valence-corrected chi connectivity index (χ4v) is 3.68. The lowest BCUT2D eigenvalue weighted by Crippen LogP contribution is -2.25. The maximum atomic E-state index is 12.2. The molecule has 0 unspecified atom stereocenters. The van der Waals surface area contributed by atoms with Crippen LogP contribution in [0.1, 0.15) is 29.1 Å². The minimum atomic E-state index is -0.140. The highest BCUT2D eigenvalue weighted by atomic mass is 32.1. The summed E-state index contributed by atoms with van der Waals surface area (Å²) in [5.41, 5.74) is 7.11. The zero-order chi connectivity index (χ0) is 15.2. The molecule has 0 aliphatic rings. The molecule has 0 bridgehead atoms. The van der Waals surface area contributed by atoms with Crippen LogP contribution in [0.4, 0.5) is 10.9 Å². The van der Waals surface area contributed by atoms with Gasteiger partial charge < -0.3 is 16.0 Å². The molecule has 2 aromatic heterocycles. The molecule has 114 valence electrons. The maximum Gasteiger partial charge on any atom is 0.265 e. The second-order valence-electron chi connectivity index (χ2n) is 4.52. The van der Waals surface area contributed by atoms with Gasteiger partial charge in [0.15, 0.2) is 5.13 Å². The quantitative estimate of drug-likeness (QED) is 0.821. The van der Waals surface area contributed by atoms with Crippen molar-refractivity contribution in [2.24, 2.45) is 0 Å². The van der Waals surface area contributed by atoms with Gasteiger partial charge in [0.05, 0.1) is 0 Å². The number of aromatic nitrogens is 1. The Morgan fingerprint density at radius 2 is 2.19 bits per heavy atom. The number of nitrogens with two attached hydrogens (primary N) is 1. The van der Waals surface area contributed by atoms with Gasteiger partial charge in [0.25, 0.3) is 5.91 Å². The number of nitrogens with one attached hydrogen (secondary N) is 1. The van der Waals surface area contributed by atoms with E-state index < -0.39 is 0 Å². The molecule has 0 radical (unpaired) electrons. The predicted molar refractivity (Wildman–Crippen MR) is 90.4 cm³/mol. The molecule has 2 aromatic rings. The lowest BCUT2D eigenvalue weighted by atomic mass is 10.2. The summed E-state index contributed by atoms with van der Waals surface area (Å²) in [6, 6.07) is 2.07. The third kappa shape index (κ3) is 3.95. The van der Waals surface area contributed by atoms with Crippen molar-refractivity contribution < 1.29 is 4.79 Å². The maximum absolute atomic E-state index is 12.2. The third-order valence-electron chi connectivity index (χ3n) is 3.16. The molecule has 0 saturated heterocycles. The average molecular weight is 324 g/mol. The van der Waals surface area contributed by atoms with Gasteiger partial charge in [-0.3, -0.25) is 4.79 Å². The average Bonchev–Trinajstić information content (AvgIpc) is 3.10. The van der Waals surface area contributed by atoms with Gasteiger partial charge in [-0.2, -0.15) is 11.3 Å². The van der Waals surface area contributed by atoms with E-state index in [1.165, 1.54) is 16.9 Å².